The molecular formula is C18H14Cl2N4O. The fraction of sp³-hybridized carbons (Fsp3) is 0.0556. The van der Waals surface area contributed by atoms with E-state index in [0.29, 0.717) is 33.7 Å². The van der Waals surface area contributed by atoms with Gasteiger partial charge in [0.25, 0.3) is 5.91 Å². The molecule has 0 atom stereocenters. The van der Waals surface area contributed by atoms with Crippen LogP contribution in [-0.2, 0) is 6.54 Å². The lowest BCUT2D eigenvalue weighted by Crippen LogP contribution is -2.24. The molecule has 0 fully saturated rings. The Hall–Kier alpha value is -2.63. The van der Waals surface area contributed by atoms with Crippen LogP contribution in [0.25, 0.3) is 0 Å². The summed E-state index contributed by atoms with van der Waals surface area (Å²) in [5.41, 5.74) is 2.47. The van der Waals surface area contributed by atoms with Gasteiger partial charge in [-0.3, -0.25) is 9.78 Å². The maximum Gasteiger partial charge on any atom is 0.270 e. The van der Waals surface area contributed by atoms with Gasteiger partial charge in [-0.25, -0.2) is 4.98 Å². The van der Waals surface area contributed by atoms with Crippen LogP contribution in [0.15, 0.2) is 60.9 Å². The molecule has 0 aliphatic rings. The first kappa shape index (κ1) is 17.2. The van der Waals surface area contributed by atoms with E-state index in [9.17, 15) is 4.79 Å². The molecule has 0 saturated heterocycles. The number of aromatic nitrogens is 2. The van der Waals surface area contributed by atoms with E-state index >= 15 is 0 Å². The number of halogens is 2. The predicted molar refractivity (Wildman–Crippen MR) is 99.4 cm³/mol. The number of carbonyl (C=O) groups excluding carboxylic acids is 1. The number of pyridine rings is 2. The number of nitrogens with zero attached hydrogens (tertiary/aromatic N) is 2. The third-order valence-electron chi connectivity index (χ3n) is 3.38. The van der Waals surface area contributed by atoms with Crippen LogP contribution in [0.3, 0.4) is 0 Å². The largest absolute Gasteiger partial charge is 0.353 e. The van der Waals surface area contributed by atoms with E-state index < -0.39 is 0 Å². The van der Waals surface area contributed by atoms with Gasteiger partial charge in [0, 0.05) is 6.20 Å². The number of hydrogen-bond acceptors (Lipinski definition) is 4. The Kier molecular flexibility index (Phi) is 5.48. The molecular weight excluding hydrogens is 359 g/mol. The minimum absolute atomic E-state index is 0.266. The van der Waals surface area contributed by atoms with E-state index in [0.717, 1.165) is 5.69 Å². The molecule has 0 aliphatic carbocycles. The molecule has 5 nitrogen and oxygen atoms in total. The SMILES string of the molecule is O=C(NCc1ccccn1)c1ccc(Nc2cccc(Cl)c2Cl)cn1. The summed E-state index contributed by atoms with van der Waals surface area (Å²) in [6, 6.07) is 14.2. The van der Waals surface area contributed by atoms with Crippen LogP contribution in [-0.4, -0.2) is 15.9 Å². The Morgan fingerprint density at radius 1 is 1.00 bits per heavy atom. The van der Waals surface area contributed by atoms with Crippen LogP contribution in [0, 0.1) is 0 Å². The lowest BCUT2D eigenvalue weighted by Gasteiger charge is -2.09. The van der Waals surface area contributed by atoms with Crippen LogP contribution in [0.5, 0.6) is 0 Å². The zero-order valence-electron chi connectivity index (χ0n) is 13.0. The van der Waals surface area contributed by atoms with Crippen molar-refractivity contribution in [1.82, 2.24) is 15.3 Å². The number of benzene rings is 1. The van der Waals surface area contributed by atoms with Crippen molar-refractivity contribution in [3.05, 3.63) is 82.4 Å². The lowest BCUT2D eigenvalue weighted by molar-refractivity contribution is 0.0945. The van der Waals surface area contributed by atoms with Crippen molar-refractivity contribution in [3.8, 4) is 0 Å². The average Bonchev–Trinajstić information content (AvgIpc) is 2.65. The highest BCUT2D eigenvalue weighted by molar-refractivity contribution is 6.43. The highest BCUT2D eigenvalue weighted by atomic mass is 35.5. The Bertz CT molecular complexity index is 870. The molecule has 0 aliphatic heterocycles. The molecule has 3 aromatic rings. The predicted octanol–water partition coefficient (Wildman–Crippen LogP) is 4.46. The monoisotopic (exact) mass is 372 g/mol. The number of amides is 1. The zero-order chi connectivity index (χ0) is 17.6. The molecule has 3 rings (SSSR count). The maximum atomic E-state index is 12.1. The molecule has 0 spiro atoms. The van der Waals surface area contributed by atoms with Crippen molar-refractivity contribution in [2.75, 3.05) is 5.32 Å². The summed E-state index contributed by atoms with van der Waals surface area (Å²) < 4.78 is 0. The fourth-order valence-corrected chi connectivity index (χ4v) is 2.47. The number of anilines is 2. The molecule has 126 valence electrons. The first-order chi connectivity index (χ1) is 12.1. The van der Waals surface area contributed by atoms with E-state index in [-0.39, 0.29) is 5.91 Å². The van der Waals surface area contributed by atoms with Gasteiger partial charge in [0.05, 0.1) is 39.9 Å². The lowest BCUT2D eigenvalue weighted by atomic mass is 10.2. The van der Waals surface area contributed by atoms with Gasteiger partial charge < -0.3 is 10.6 Å². The molecule has 0 unspecified atom stereocenters. The fourth-order valence-electron chi connectivity index (χ4n) is 2.12. The molecule has 25 heavy (non-hydrogen) atoms. The minimum Gasteiger partial charge on any atom is -0.353 e. The van der Waals surface area contributed by atoms with Crippen LogP contribution >= 0.6 is 23.2 Å². The second-order valence-electron chi connectivity index (χ2n) is 5.16. The highest BCUT2D eigenvalue weighted by Gasteiger charge is 2.08. The number of hydrogen-bond donors (Lipinski definition) is 2. The second-order valence-corrected chi connectivity index (χ2v) is 5.95. The van der Waals surface area contributed by atoms with Crippen molar-refractivity contribution < 1.29 is 4.79 Å². The Balaban J connectivity index is 1.63. The first-order valence-electron chi connectivity index (χ1n) is 7.48. The summed E-state index contributed by atoms with van der Waals surface area (Å²) in [7, 11) is 0. The van der Waals surface area contributed by atoms with Gasteiger partial charge in [-0.2, -0.15) is 0 Å². The van der Waals surface area contributed by atoms with Crippen LogP contribution < -0.4 is 10.6 Å². The van der Waals surface area contributed by atoms with Gasteiger partial charge in [0.1, 0.15) is 5.69 Å². The molecule has 0 radical (unpaired) electrons. The van der Waals surface area contributed by atoms with Crippen LogP contribution in [0.2, 0.25) is 10.0 Å². The third kappa shape index (κ3) is 4.47. The molecule has 2 N–H and O–H groups in total. The number of nitrogens with one attached hydrogen (secondary N) is 2. The summed E-state index contributed by atoms with van der Waals surface area (Å²) in [6.07, 6.45) is 3.24. The molecule has 2 heterocycles. The number of carbonyl (C=O) groups is 1. The van der Waals surface area contributed by atoms with Gasteiger partial charge in [-0.1, -0.05) is 35.3 Å². The van der Waals surface area contributed by atoms with E-state index in [1.54, 1.807) is 36.7 Å². The number of rotatable bonds is 5. The van der Waals surface area contributed by atoms with E-state index in [1.807, 2.05) is 24.3 Å². The van der Waals surface area contributed by atoms with Gasteiger partial charge >= 0.3 is 0 Å². The quantitative estimate of drug-likeness (QED) is 0.693. The smallest absolute Gasteiger partial charge is 0.270 e. The molecule has 0 bridgehead atoms. The van der Waals surface area contributed by atoms with Gasteiger partial charge in [0.2, 0.25) is 0 Å². The topological polar surface area (TPSA) is 66.9 Å². The Morgan fingerprint density at radius 3 is 2.60 bits per heavy atom. The zero-order valence-corrected chi connectivity index (χ0v) is 14.6. The first-order valence-corrected chi connectivity index (χ1v) is 8.24. The van der Waals surface area contributed by atoms with Gasteiger partial charge in [-0.05, 0) is 36.4 Å². The van der Waals surface area contributed by atoms with Crippen LogP contribution in [0.1, 0.15) is 16.2 Å². The van der Waals surface area contributed by atoms with Gasteiger partial charge in [0.15, 0.2) is 0 Å². The van der Waals surface area contributed by atoms with Crippen molar-refractivity contribution in [2.45, 2.75) is 6.54 Å². The van der Waals surface area contributed by atoms with Crippen molar-refractivity contribution in [3.63, 3.8) is 0 Å². The highest BCUT2D eigenvalue weighted by Crippen LogP contribution is 2.31. The Morgan fingerprint density at radius 2 is 1.88 bits per heavy atom. The summed E-state index contributed by atoms with van der Waals surface area (Å²) in [5.74, 6) is -0.266. The normalized spacial score (nSPS) is 10.3. The average molecular weight is 373 g/mol. The molecule has 1 aromatic carbocycles. The summed E-state index contributed by atoms with van der Waals surface area (Å²) in [4.78, 5) is 20.4. The van der Waals surface area contributed by atoms with Crippen molar-refractivity contribution in [2.24, 2.45) is 0 Å². The van der Waals surface area contributed by atoms with Crippen LogP contribution in [0.4, 0.5) is 11.4 Å². The molecule has 1 amide bonds. The Labute approximate surface area is 155 Å². The molecule has 0 saturated carbocycles. The van der Waals surface area contributed by atoms with Crippen molar-refractivity contribution in [1.29, 1.82) is 0 Å². The summed E-state index contributed by atoms with van der Waals surface area (Å²) in [6.45, 7) is 0.347. The summed E-state index contributed by atoms with van der Waals surface area (Å²) in [5, 5.41) is 6.79. The van der Waals surface area contributed by atoms with Crippen molar-refractivity contribution >= 4 is 40.5 Å². The third-order valence-corrected chi connectivity index (χ3v) is 4.20. The van der Waals surface area contributed by atoms with E-state index in [4.69, 9.17) is 23.2 Å². The standard InChI is InChI=1S/C18H14Cl2N4O/c19-14-5-3-6-15(17(14)20)24-13-7-8-16(22-11-13)18(25)23-10-12-4-1-2-9-21-12/h1-9,11,24H,10H2,(H,23,25). The minimum atomic E-state index is -0.266. The second kappa shape index (κ2) is 7.96. The molecule has 7 heteroatoms. The van der Waals surface area contributed by atoms with Gasteiger partial charge in [-0.15, -0.1) is 0 Å². The van der Waals surface area contributed by atoms with E-state index in [2.05, 4.69) is 20.6 Å². The maximum absolute atomic E-state index is 12.1. The summed E-state index contributed by atoms with van der Waals surface area (Å²) >= 11 is 12.1. The molecule has 2 aromatic heterocycles. The van der Waals surface area contributed by atoms with E-state index in [1.165, 1.54) is 0 Å².